The minimum atomic E-state index is -5.08. The number of aromatic amines is 1. The Morgan fingerprint density at radius 2 is 1.86 bits per heavy atom. The van der Waals surface area contributed by atoms with Crippen molar-refractivity contribution < 1.29 is 36.7 Å². The van der Waals surface area contributed by atoms with Crippen molar-refractivity contribution in [3.8, 4) is 11.6 Å². The Hall–Kier alpha value is -4.63. The number of carbonyl (C=O) groups is 2. The zero-order valence-corrected chi connectivity index (χ0v) is 23.0. The average molecular weight is 641 g/mol. The maximum absolute atomic E-state index is 14.8. The van der Waals surface area contributed by atoms with Crippen LogP contribution < -0.4 is 5.56 Å². The Kier molecular flexibility index (Phi) is 8.03. The Morgan fingerprint density at radius 1 is 1.12 bits per heavy atom. The summed E-state index contributed by atoms with van der Waals surface area (Å²) in [5.41, 5.74) is 1.20. The fraction of sp³-hybridized carbons (Fsp3) is 0.192. The van der Waals surface area contributed by atoms with E-state index in [2.05, 4.69) is 15.2 Å². The lowest BCUT2D eigenvalue weighted by molar-refractivity contribution is -0.192. The van der Waals surface area contributed by atoms with Crippen molar-refractivity contribution in [1.82, 2.24) is 29.0 Å². The summed E-state index contributed by atoms with van der Waals surface area (Å²) in [5.74, 6) is -2.06. The molecule has 0 saturated heterocycles. The monoisotopic (exact) mass is 640 g/mol. The number of alkyl halides is 3. The number of aromatic nitrogens is 5. The SMILES string of the molecule is O=C(O)C(F)(F)F.O=C(c1cc(Cc2c[nH]c(=O)c3cc(Cl)c(Cl)n23)ccc1F)N1CCn2c(nnc2-c2ccco2)C1. The molecule has 224 valence electrons. The van der Waals surface area contributed by atoms with Gasteiger partial charge >= 0.3 is 12.1 Å². The molecule has 11 nitrogen and oxygen atoms in total. The number of rotatable bonds is 4. The second-order valence-corrected chi connectivity index (χ2v) is 9.97. The number of furan rings is 1. The Labute approximate surface area is 247 Å². The number of aliphatic carboxylic acids is 1. The predicted molar refractivity (Wildman–Crippen MR) is 143 cm³/mol. The minimum absolute atomic E-state index is 0.0518. The van der Waals surface area contributed by atoms with Gasteiger partial charge in [-0.2, -0.15) is 13.2 Å². The smallest absolute Gasteiger partial charge is 0.475 e. The molecule has 43 heavy (non-hydrogen) atoms. The van der Waals surface area contributed by atoms with E-state index in [0.29, 0.717) is 47.3 Å². The third-order valence-corrected chi connectivity index (χ3v) is 7.22. The molecule has 4 aromatic heterocycles. The normalized spacial score (nSPS) is 13.0. The first-order valence-corrected chi connectivity index (χ1v) is 13.0. The van der Waals surface area contributed by atoms with Gasteiger partial charge in [0.25, 0.3) is 11.5 Å². The average Bonchev–Trinajstić information content (AvgIpc) is 3.70. The van der Waals surface area contributed by atoms with E-state index in [9.17, 15) is 27.2 Å². The van der Waals surface area contributed by atoms with Crippen LogP contribution in [0.5, 0.6) is 0 Å². The van der Waals surface area contributed by atoms with Crippen LogP contribution in [0.1, 0.15) is 27.4 Å². The number of halogens is 6. The van der Waals surface area contributed by atoms with E-state index in [0.717, 1.165) is 0 Å². The van der Waals surface area contributed by atoms with Crippen LogP contribution in [0, 0.1) is 5.82 Å². The zero-order valence-electron chi connectivity index (χ0n) is 21.5. The van der Waals surface area contributed by atoms with Gasteiger partial charge in [0.2, 0.25) is 0 Å². The lowest BCUT2D eigenvalue weighted by atomic mass is 10.0. The summed E-state index contributed by atoms with van der Waals surface area (Å²) in [7, 11) is 0. The predicted octanol–water partition coefficient (Wildman–Crippen LogP) is 4.81. The molecule has 0 fully saturated rings. The van der Waals surface area contributed by atoms with E-state index in [1.807, 2.05) is 4.57 Å². The highest BCUT2D eigenvalue weighted by atomic mass is 35.5. The van der Waals surface area contributed by atoms with Gasteiger partial charge in [0.1, 0.15) is 16.5 Å². The molecule has 0 atom stereocenters. The number of hydrogen-bond acceptors (Lipinski definition) is 6. The van der Waals surface area contributed by atoms with Gasteiger partial charge in [0.05, 0.1) is 23.4 Å². The fourth-order valence-electron chi connectivity index (χ4n) is 4.47. The van der Waals surface area contributed by atoms with E-state index < -0.39 is 23.9 Å². The molecule has 0 bridgehead atoms. The molecule has 2 N–H and O–H groups in total. The summed E-state index contributed by atoms with van der Waals surface area (Å²) < 4.78 is 55.4. The van der Waals surface area contributed by atoms with Gasteiger partial charge in [-0.25, -0.2) is 9.18 Å². The highest BCUT2D eigenvalue weighted by molar-refractivity contribution is 6.42. The van der Waals surface area contributed by atoms with Crippen molar-refractivity contribution in [2.24, 2.45) is 0 Å². The second kappa shape index (κ2) is 11.6. The van der Waals surface area contributed by atoms with Gasteiger partial charge < -0.3 is 24.0 Å². The molecular weight excluding hydrogens is 623 g/mol. The highest BCUT2D eigenvalue weighted by Gasteiger charge is 2.38. The molecular formula is C26H18Cl2F4N6O5. The number of carboxylic acids is 1. The van der Waals surface area contributed by atoms with Gasteiger partial charge in [-0.15, -0.1) is 10.2 Å². The molecule has 0 aliphatic carbocycles. The van der Waals surface area contributed by atoms with Crippen LogP contribution in [-0.4, -0.2) is 58.8 Å². The van der Waals surface area contributed by atoms with E-state index in [1.165, 1.54) is 24.4 Å². The lowest BCUT2D eigenvalue weighted by Crippen LogP contribution is -2.39. The summed E-state index contributed by atoms with van der Waals surface area (Å²) in [4.78, 5) is 38.6. The Balaban J connectivity index is 0.000000472. The summed E-state index contributed by atoms with van der Waals surface area (Å²) in [6, 6.07) is 9.41. The van der Waals surface area contributed by atoms with E-state index in [1.54, 1.807) is 33.8 Å². The van der Waals surface area contributed by atoms with Crippen molar-refractivity contribution >= 4 is 40.6 Å². The molecule has 0 unspecified atom stereocenters. The molecule has 1 aliphatic rings. The summed E-state index contributed by atoms with van der Waals surface area (Å²) in [5, 5.41) is 16.0. The first kappa shape index (κ1) is 29.8. The number of carbonyl (C=O) groups excluding carboxylic acids is 1. The largest absolute Gasteiger partial charge is 0.490 e. The third-order valence-electron chi connectivity index (χ3n) is 6.46. The number of nitrogens with zero attached hydrogens (tertiary/aromatic N) is 5. The summed E-state index contributed by atoms with van der Waals surface area (Å²) in [6.45, 7) is 1.00. The molecule has 1 aromatic carbocycles. The second-order valence-electron chi connectivity index (χ2n) is 9.20. The third kappa shape index (κ3) is 5.99. The number of nitrogens with one attached hydrogen (secondary N) is 1. The quantitative estimate of drug-likeness (QED) is 0.269. The lowest BCUT2D eigenvalue weighted by Gasteiger charge is -2.28. The van der Waals surface area contributed by atoms with E-state index in [-0.39, 0.29) is 34.3 Å². The van der Waals surface area contributed by atoms with Gasteiger partial charge in [-0.1, -0.05) is 29.3 Å². The van der Waals surface area contributed by atoms with Crippen molar-refractivity contribution in [3.05, 3.63) is 97.9 Å². The van der Waals surface area contributed by atoms with Crippen LogP contribution in [0.4, 0.5) is 17.6 Å². The topological polar surface area (TPSA) is 139 Å². The first-order valence-electron chi connectivity index (χ1n) is 12.3. The number of benzene rings is 1. The van der Waals surface area contributed by atoms with Crippen LogP contribution in [0.2, 0.25) is 10.2 Å². The van der Waals surface area contributed by atoms with Crippen LogP contribution in [0.25, 0.3) is 17.1 Å². The fourth-order valence-corrected chi connectivity index (χ4v) is 4.91. The van der Waals surface area contributed by atoms with E-state index in [4.69, 9.17) is 37.5 Å². The van der Waals surface area contributed by atoms with Crippen molar-refractivity contribution in [3.63, 3.8) is 0 Å². The van der Waals surface area contributed by atoms with Crippen LogP contribution in [0.3, 0.4) is 0 Å². The molecule has 5 aromatic rings. The maximum Gasteiger partial charge on any atom is 0.490 e. The van der Waals surface area contributed by atoms with Gasteiger partial charge in [-0.05, 0) is 35.9 Å². The number of H-pyrrole nitrogens is 1. The van der Waals surface area contributed by atoms with Gasteiger partial charge in [-0.3, -0.25) is 14.0 Å². The minimum Gasteiger partial charge on any atom is -0.475 e. The highest BCUT2D eigenvalue weighted by Crippen LogP contribution is 2.28. The molecule has 5 heterocycles. The molecule has 0 radical (unpaired) electrons. The number of carboxylic acid groups (broad SMARTS) is 1. The van der Waals surface area contributed by atoms with Crippen molar-refractivity contribution in [1.29, 1.82) is 0 Å². The van der Waals surface area contributed by atoms with Gasteiger partial charge in [0, 0.05) is 31.4 Å². The molecule has 17 heteroatoms. The molecule has 0 spiro atoms. The van der Waals surface area contributed by atoms with Crippen LogP contribution in [0.15, 0.2) is 58.1 Å². The number of hydrogen-bond donors (Lipinski definition) is 2. The summed E-state index contributed by atoms with van der Waals surface area (Å²) >= 11 is 12.4. The Morgan fingerprint density at radius 3 is 2.53 bits per heavy atom. The molecule has 1 amide bonds. The molecule has 0 saturated carbocycles. The molecule has 1 aliphatic heterocycles. The maximum atomic E-state index is 14.8. The van der Waals surface area contributed by atoms with E-state index >= 15 is 0 Å². The number of fused-ring (bicyclic) bond motifs is 2. The summed E-state index contributed by atoms with van der Waals surface area (Å²) in [6.07, 6.45) is -1.72. The zero-order chi connectivity index (χ0) is 31.1. The van der Waals surface area contributed by atoms with Crippen molar-refractivity contribution in [2.75, 3.05) is 6.54 Å². The van der Waals surface area contributed by atoms with Crippen molar-refractivity contribution in [2.45, 2.75) is 25.7 Å². The Bertz CT molecular complexity index is 1900. The number of amides is 1. The van der Waals surface area contributed by atoms with Crippen LogP contribution in [-0.2, 0) is 24.3 Å². The standard InChI is InChI=1S/C24H17Cl2FN6O3.C2HF3O2/c25-16-10-18-23(34)28-11-14(33(18)21(16)26)8-13-3-4-17(27)15(9-13)24(35)31-5-6-32-20(12-31)29-30-22(32)19-2-1-7-36-19;3-2(4,5)1(6)7/h1-4,7,9-11H,5-6,8,12H2,(H,28,34);(H,6,7). The molecule has 6 rings (SSSR count). The van der Waals surface area contributed by atoms with Crippen LogP contribution >= 0.6 is 23.2 Å². The first-order chi connectivity index (χ1) is 20.3. The van der Waals surface area contributed by atoms with Gasteiger partial charge in [0.15, 0.2) is 17.4 Å².